The van der Waals surface area contributed by atoms with Crippen molar-refractivity contribution in [1.82, 2.24) is 0 Å². The first-order chi connectivity index (χ1) is 4.22. The summed E-state index contributed by atoms with van der Waals surface area (Å²) in [6.07, 6.45) is 4.05. The summed E-state index contributed by atoms with van der Waals surface area (Å²) in [7, 11) is 0. The zero-order valence-electron chi connectivity index (χ0n) is 6.26. The van der Waals surface area contributed by atoms with Gasteiger partial charge in [0.05, 0.1) is 0 Å². The Hall–Kier alpha value is -0.590. The maximum Gasteiger partial charge on any atom is 0.0230 e. The van der Waals surface area contributed by atoms with Gasteiger partial charge in [0, 0.05) is 17.8 Å². The molecule has 0 amide bonds. The average molecular weight is 123 g/mol. The van der Waals surface area contributed by atoms with Crippen LogP contribution >= 0.6 is 0 Å². The molecule has 1 rings (SSSR count). The molecule has 2 atom stereocenters. The molecule has 0 N–H and O–H groups in total. The van der Waals surface area contributed by atoms with Crippen molar-refractivity contribution in [3.63, 3.8) is 0 Å². The summed E-state index contributed by atoms with van der Waals surface area (Å²) in [5.74, 6) is 1.30. The Balaban J connectivity index is 2.73. The van der Waals surface area contributed by atoms with Crippen LogP contribution in [0.2, 0.25) is 0 Å². The predicted molar refractivity (Wildman–Crippen MR) is 40.6 cm³/mol. The van der Waals surface area contributed by atoms with Crippen LogP contribution < -0.4 is 0 Å². The molecular formula is C8H13N. The molecule has 0 unspecified atom stereocenters. The monoisotopic (exact) mass is 123 g/mol. The van der Waals surface area contributed by atoms with Gasteiger partial charge in [-0.1, -0.05) is 19.9 Å². The van der Waals surface area contributed by atoms with Gasteiger partial charge in [0.2, 0.25) is 0 Å². The van der Waals surface area contributed by atoms with Crippen molar-refractivity contribution in [3.8, 4) is 0 Å². The van der Waals surface area contributed by atoms with Gasteiger partial charge in [0.25, 0.3) is 0 Å². The first-order valence-corrected chi connectivity index (χ1v) is 3.43. The molecule has 9 heavy (non-hydrogen) atoms. The Kier molecular flexibility index (Phi) is 1.70. The molecule has 1 aliphatic rings. The minimum atomic E-state index is 0.634. The molecule has 1 nitrogen and oxygen atoms in total. The Morgan fingerprint density at radius 2 is 2.11 bits per heavy atom. The van der Waals surface area contributed by atoms with Crippen molar-refractivity contribution in [3.05, 3.63) is 12.3 Å². The third-order valence-electron chi connectivity index (χ3n) is 2.12. The van der Waals surface area contributed by atoms with Crippen LogP contribution in [0, 0.1) is 11.8 Å². The highest BCUT2D eigenvalue weighted by Crippen LogP contribution is 2.17. The quantitative estimate of drug-likeness (QED) is 0.468. The molecule has 0 saturated heterocycles. The predicted octanol–water partition coefficient (Wildman–Crippen LogP) is 2.25. The fourth-order valence-corrected chi connectivity index (χ4v) is 0.961. The van der Waals surface area contributed by atoms with E-state index in [9.17, 15) is 0 Å². The van der Waals surface area contributed by atoms with E-state index < -0.39 is 0 Å². The number of allylic oxidation sites excluding steroid dienone is 1. The van der Waals surface area contributed by atoms with Crippen molar-refractivity contribution in [2.24, 2.45) is 16.8 Å². The zero-order chi connectivity index (χ0) is 6.85. The van der Waals surface area contributed by atoms with Crippen LogP contribution in [0.4, 0.5) is 0 Å². The van der Waals surface area contributed by atoms with Crippen LogP contribution in [-0.4, -0.2) is 5.71 Å². The maximum absolute atomic E-state index is 4.20. The van der Waals surface area contributed by atoms with Crippen LogP contribution in [0.1, 0.15) is 20.8 Å². The van der Waals surface area contributed by atoms with Crippen LogP contribution in [0.3, 0.4) is 0 Å². The van der Waals surface area contributed by atoms with E-state index in [1.807, 2.05) is 6.20 Å². The molecule has 1 heterocycles. The third kappa shape index (κ3) is 1.21. The average Bonchev–Trinajstić information content (AvgIpc) is 1.83. The van der Waals surface area contributed by atoms with Crippen molar-refractivity contribution in [2.45, 2.75) is 20.8 Å². The minimum absolute atomic E-state index is 0.634. The van der Waals surface area contributed by atoms with Crippen LogP contribution in [-0.2, 0) is 0 Å². The van der Waals surface area contributed by atoms with Gasteiger partial charge in [-0.3, -0.25) is 4.99 Å². The fourth-order valence-electron chi connectivity index (χ4n) is 0.961. The minimum Gasteiger partial charge on any atom is -0.266 e. The number of hydrogen-bond acceptors (Lipinski definition) is 1. The van der Waals surface area contributed by atoms with Crippen LogP contribution in [0.25, 0.3) is 0 Å². The molecule has 0 spiro atoms. The normalized spacial score (nSPS) is 34.3. The third-order valence-corrected chi connectivity index (χ3v) is 2.12. The molecular weight excluding hydrogens is 110 g/mol. The van der Waals surface area contributed by atoms with Crippen LogP contribution in [0.15, 0.2) is 17.3 Å². The Labute approximate surface area is 56.5 Å². The van der Waals surface area contributed by atoms with Crippen molar-refractivity contribution in [2.75, 3.05) is 0 Å². The number of rotatable bonds is 0. The van der Waals surface area contributed by atoms with Gasteiger partial charge in [-0.2, -0.15) is 0 Å². The highest BCUT2D eigenvalue weighted by Gasteiger charge is 2.13. The van der Waals surface area contributed by atoms with E-state index in [-0.39, 0.29) is 0 Å². The molecule has 50 valence electrons. The molecule has 0 fully saturated rings. The lowest BCUT2D eigenvalue weighted by atomic mass is 9.90. The number of aliphatic imine (C=N–C) groups is 1. The van der Waals surface area contributed by atoms with Gasteiger partial charge >= 0.3 is 0 Å². The first-order valence-electron chi connectivity index (χ1n) is 3.43. The van der Waals surface area contributed by atoms with Crippen molar-refractivity contribution in [1.29, 1.82) is 0 Å². The summed E-state index contributed by atoms with van der Waals surface area (Å²) >= 11 is 0. The van der Waals surface area contributed by atoms with E-state index in [1.165, 1.54) is 5.71 Å². The van der Waals surface area contributed by atoms with Gasteiger partial charge in [-0.25, -0.2) is 0 Å². The van der Waals surface area contributed by atoms with E-state index in [4.69, 9.17) is 0 Å². The molecule has 0 saturated carbocycles. The van der Waals surface area contributed by atoms with Gasteiger partial charge < -0.3 is 0 Å². The summed E-state index contributed by atoms with van der Waals surface area (Å²) in [6.45, 7) is 6.52. The Bertz CT molecular complexity index is 156. The second kappa shape index (κ2) is 2.34. The standard InChI is InChI=1S/C8H13N/c1-6-4-5-9-8(3)7(6)2/h4-7H,1-3H3/t6-,7-/m0/s1. The molecule has 0 aliphatic carbocycles. The summed E-state index contributed by atoms with van der Waals surface area (Å²) in [6, 6.07) is 0. The summed E-state index contributed by atoms with van der Waals surface area (Å²) in [5, 5.41) is 0. The second-order valence-electron chi connectivity index (χ2n) is 2.76. The van der Waals surface area contributed by atoms with Crippen molar-refractivity contribution >= 4 is 5.71 Å². The van der Waals surface area contributed by atoms with Gasteiger partial charge in [-0.05, 0) is 12.8 Å². The number of hydrogen-bond donors (Lipinski definition) is 0. The summed E-state index contributed by atoms with van der Waals surface area (Å²) < 4.78 is 0. The first kappa shape index (κ1) is 6.53. The van der Waals surface area contributed by atoms with Gasteiger partial charge in [0.1, 0.15) is 0 Å². The van der Waals surface area contributed by atoms with Gasteiger partial charge in [0.15, 0.2) is 0 Å². The molecule has 1 heteroatoms. The van der Waals surface area contributed by atoms with E-state index in [0.29, 0.717) is 11.8 Å². The molecule has 0 radical (unpaired) electrons. The summed E-state index contributed by atoms with van der Waals surface area (Å²) in [4.78, 5) is 4.20. The fraction of sp³-hybridized carbons (Fsp3) is 0.625. The smallest absolute Gasteiger partial charge is 0.0230 e. The van der Waals surface area contributed by atoms with E-state index in [2.05, 4.69) is 31.8 Å². The molecule has 0 aromatic heterocycles. The molecule has 1 aliphatic heterocycles. The van der Waals surface area contributed by atoms with Crippen LogP contribution in [0.5, 0.6) is 0 Å². The molecule has 0 aromatic rings. The second-order valence-corrected chi connectivity index (χ2v) is 2.76. The largest absolute Gasteiger partial charge is 0.266 e. The van der Waals surface area contributed by atoms with Gasteiger partial charge in [-0.15, -0.1) is 0 Å². The molecule has 0 aromatic carbocycles. The highest BCUT2D eigenvalue weighted by molar-refractivity contribution is 5.85. The highest BCUT2D eigenvalue weighted by atomic mass is 14.7. The van der Waals surface area contributed by atoms with E-state index in [0.717, 1.165) is 0 Å². The zero-order valence-corrected chi connectivity index (χ0v) is 6.26. The topological polar surface area (TPSA) is 12.4 Å². The van der Waals surface area contributed by atoms with Crippen molar-refractivity contribution < 1.29 is 0 Å². The van der Waals surface area contributed by atoms with E-state index >= 15 is 0 Å². The summed E-state index contributed by atoms with van der Waals surface area (Å²) in [5.41, 5.74) is 1.25. The lowest BCUT2D eigenvalue weighted by Gasteiger charge is -2.18. The Morgan fingerprint density at radius 1 is 1.44 bits per heavy atom. The Morgan fingerprint density at radius 3 is 2.56 bits per heavy atom. The maximum atomic E-state index is 4.20. The van der Waals surface area contributed by atoms with E-state index in [1.54, 1.807) is 0 Å². The lowest BCUT2D eigenvalue weighted by Crippen LogP contribution is -2.16. The SMILES string of the molecule is CC1=NC=C[C@H](C)[C@@H]1C. The lowest BCUT2D eigenvalue weighted by molar-refractivity contribution is 0.579. The molecule has 0 bridgehead atoms. The number of nitrogens with zero attached hydrogens (tertiary/aromatic N) is 1.